The molecular weight excluding hydrogens is 325 g/mol. The van der Waals surface area contributed by atoms with E-state index in [1.807, 2.05) is 0 Å². The minimum Gasteiger partial charge on any atom is -0.380 e. The summed E-state index contributed by atoms with van der Waals surface area (Å²) in [6.07, 6.45) is 0.134. The lowest BCUT2D eigenvalue weighted by atomic mass is 10.3. The topological polar surface area (TPSA) is 110 Å². The molecule has 10 heteroatoms. The minimum atomic E-state index is -4.00. The summed E-state index contributed by atoms with van der Waals surface area (Å²) in [6.45, 7) is 8.97. The van der Waals surface area contributed by atoms with E-state index >= 15 is 0 Å². The van der Waals surface area contributed by atoms with Crippen LogP contribution in [0.15, 0.2) is 0 Å². The van der Waals surface area contributed by atoms with Gasteiger partial charge in [0.2, 0.25) is 14.7 Å². The third-order valence-corrected chi connectivity index (χ3v) is 10.7. The second-order valence-electron chi connectivity index (χ2n) is 5.69. The lowest BCUT2D eigenvalue weighted by Gasteiger charge is -2.39. The van der Waals surface area contributed by atoms with Crippen LogP contribution >= 0.6 is 22.3 Å². The van der Waals surface area contributed by atoms with Crippen molar-refractivity contribution in [2.45, 2.75) is 44.8 Å². The van der Waals surface area contributed by atoms with Crippen molar-refractivity contribution in [2.24, 2.45) is 0 Å². The summed E-state index contributed by atoms with van der Waals surface area (Å²) in [5, 5.41) is 6.72. The van der Waals surface area contributed by atoms with Crippen molar-refractivity contribution in [3.05, 3.63) is 0 Å². The highest BCUT2D eigenvalue weighted by atomic mass is 31.3. The molecule has 0 heterocycles. The van der Waals surface area contributed by atoms with Gasteiger partial charge in [-0.25, -0.2) is 4.31 Å². The van der Waals surface area contributed by atoms with Crippen molar-refractivity contribution in [1.29, 1.82) is 0 Å². The molecule has 0 aromatic carbocycles. The molecule has 0 fully saturated rings. The molecule has 0 spiro atoms. The molecule has 0 aromatic rings. The monoisotopic (exact) mass is 350 g/mol. The molecule has 0 aromatic heterocycles. The van der Waals surface area contributed by atoms with Gasteiger partial charge in [0, 0.05) is 20.0 Å². The van der Waals surface area contributed by atoms with E-state index in [2.05, 4.69) is 0 Å². The van der Waals surface area contributed by atoms with Crippen molar-refractivity contribution in [3.63, 3.8) is 0 Å². The Bertz CT molecular complexity index is 490. The lowest BCUT2D eigenvalue weighted by molar-refractivity contribution is 0.0993. The highest BCUT2D eigenvalue weighted by Gasteiger charge is 2.50. The summed E-state index contributed by atoms with van der Waals surface area (Å²) in [5.74, 6) is 0. The summed E-state index contributed by atoms with van der Waals surface area (Å²) < 4.78 is 46.6. The second kappa shape index (κ2) is 5.96. The molecule has 7 nitrogen and oxygen atoms in total. The summed E-state index contributed by atoms with van der Waals surface area (Å²) in [7, 11) is -11.3. The van der Waals surface area contributed by atoms with Gasteiger partial charge in [0.15, 0.2) is 0 Å². The highest BCUT2D eigenvalue weighted by Crippen LogP contribution is 2.71. The minimum absolute atomic E-state index is 0.134. The molecule has 0 bridgehead atoms. The molecule has 0 amide bonds. The molecule has 0 saturated carbocycles. The third-order valence-electron chi connectivity index (χ3n) is 3.19. The first-order valence-corrected chi connectivity index (χ1v) is 12.2. The molecule has 122 valence electrons. The zero-order chi connectivity index (χ0) is 16.6. The van der Waals surface area contributed by atoms with Crippen molar-refractivity contribution >= 4 is 22.3 Å². The van der Waals surface area contributed by atoms with Crippen molar-refractivity contribution in [3.8, 4) is 0 Å². The number of aliphatic hydroxyl groups is 1. The Morgan fingerprint density at radius 2 is 1.40 bits per heavy atom. The Labute approximate surface area is 120 Å². The maximum absolute atomic E-state index is 12.6. The largest absolute Gasteiger partial charge is 0.380 e. The van der Waals surface area contributed by atoms with Crippen LogP contribution < -0.4 is 0 Å². The maximum Gasteiger partial charge on any atom is 0.330 e. The van der Waals surface area contributed by atoms with Gasteiger partial charge in [-0.15, -0.1) is 0 Å². The smallest absolute Gasteiger partial charge is 0.330 e. The predicted molar refractivity (Wildman–Crippen MR) is 80.0 cm³/mol. The molecule has 0 aliphatic carbocycles. The average Bonchev–Trinajstić information content (AvgIpc) is 2.10. The molecular formula is C10H25O7P3. The fourth-order valence-corrected chi connectivity index (χ4v) is 7.03. The van der Waals surface area contributed by atoms with Crippen molar-refractivity contribution in [1.82, 2.24) is 0 Å². The third kappa shape index (κ3) is 5.06. The molecule has 0 radical (unpaired) electrons. The van der Waals surface area contributed by atoms with Crippen molar-refractivity contribution in [2.75, 3.05) is 20.0 Å². The molecule has 4 atom stereocenters. The van der Waals surface area contributed by atoms with E-state index in [-0.39, 0.29) is 6.42 Å². The Balaban J connectivity index is 5.59. The van der Waals surface area contributed by atoms with Gasteiger partial charge in [0.05, 0.1) is 0 Å². The summed E-state index contributed by atoms with van der Waals surface area (Å²) >= 11 is 0. The summed E-state index contributed by atoms with van der Waals surface area (Å²) in [6, 6.07) is 0. The van der Waals surface area contributed by atoms with Crippen LogP contribution in [0.3, 0.4) is 0 Å². The SMILES string of the molecule is CC[C@](C)(OP(C)(=O)C(C)(C)O)P(C)(=O)OP(C)(=O)O. The predicted octanol–water partition coefficient (Wildman–Crippen LogP) is 3.51. The van der Waals surface area contributed by atoms with Crippen LogP contribution in [-0.2, 0) is 22.5 Å². The van der Waals surface area contributed by atoms with E-state index in [4.69, 9.17) is 8.83 Å². The van der Waals surface area contributed by atoms with Crippen molar-refractivity contribution < 1.29 is 32.5 Å². The standard InChI is InChI=1S/C10H25O7P3/c1-8-10(4,16-18(5,12)9(2,3)11)19(6,13)17-20(7,14)15/h11H,8H2,1-7H3,(H,14,15)/t10-,18?,19?/m1/s1. The molecule has 0 saturated heterocycles. The number of hydrogen-bond acceptors (Lipinski definition) is 6. The van der Waals surface area contributed by atoms with E-state index < -0.39 is 33.0 Å². The fourth-order valence-electron chi connectivity index (χ4n) is 1.29. The Morgan fingerprint density at radius 3 is 1.65 bits per heavy atom. The van der Waals surface area contributed by atoms with Gasteiger partial charge < -0.3 is 14.5 Å². The van der Waals surface area contributed by atoms with Crippen LogP contribution in [-0.4, -0.2) is 40.7 Å². The Kier molecular flexibility index (Phi) is 6.12. The lowest BCUT2D eigenvalue weighted by Crippen LogP contribution is -2.32. The summed E-state index contributed by atoms with van der Waals surface area (Å²) in [4.78, 5) is 9.26. The quantitative estimate of drug-likeness (QED) is 0.676. The molecule has 0 aliphatic rings. The Hall–Kier alpha value is 0.530. The van der Waals surface area contributed by atoms with Crippen LogP contribution in [0.1, 0.15) is 34.1 Å². The van der Waals surface area contributed by atoms with Gasteiger partial charge in [-0.2, -0.15) is 0 Å². The molecule has 3 unspecified atom stereocenters. The maximum atomic E-state index is 12.6. The van der Waals surface area contributed by atoms with Crippen LogP contribution in [0.25, 0.3) is 0 Å². The van der Waals surface area contributed by atoms with Gasteiger partial charge in [-0.1, -0.05) is 6.92 Å². The van der Waals surface area contributed by atoms with E-state index in [0.717, 1.165) is 13.3 Å². The van der Waals surface area contributed by atoms with Crippen LogP contribution in [0.5, 0.6) is 0 Å². The van der Waals surface area contributed by atoms with E-state index in [1.54, 1.807) is 6.92 Å². The molecule has 0 aliphatic heterocycles. The number of rotatable bonds is 7. The van der Waals surface area contributed by atoms with E-state index in [9.17, 15) is 23.7 Å². The molecule has 0 rings (SSSR count). The molecule has 20 heavy (non-hydrogen) atoms. The van der Waals surface area contributed by atoms with Gasteiger partial charge >= 0.3 is 7.60 Å². The number of hydrogen-bond donors (Lipinski definition) is 2. The first kappa shape index (κ1) is 20.5. The van der Waals surface area contributed by atoms with E-state index in [1.165, 1.54) is 27.4 Å². The Morgan fingerprint density at radius 1 is 1.00 bits per heavy atom. The molecule has 2 N–H and O–H groups in total. The van der Waals surface area contributed by atoms with E-state index in [0.29, 0.717) is 0 Å². The van der Waals surface area contributed by atoms with Gasteiger partial charge in [-0.3, -0.25) is 13.7 Å². The van der Waals surface area contributed by atoms with Gasteiger partial charge in [0.1, 0.15) is 10.7 Å². The highest BCUT2D eigenvalue weighted by molar-refractivity contribution is 7.70. The first-order valence-electron chi connectivity index (χ1n) is 6.07. The summed E-state index contributed by atoms with van der Waals surface area (Å²) in [5.41, 5.74) is 0. The first-order chi connectivity index (χ1) is 8.47. The zero-order valence-electron chi connectivity index (χ0n) is 13.0. The van der Waals surface area contributed by atoms with Gasteiger partial charge in [-0.05, 0) is 27.2 Å². The average molecular weight is 350 g/mol. The van der Waals surface area contributed by atoms with Crippen LogP contribution in [0.4, 0.5) is 0 Å². The van der Waals surface area contributed by atoms with Crippen LogP contribution in [0.2, 0.25) is 0 Å². The normalized spacial score (nSPS) is 25.1. The zero-order valence-corrected chi connectivity index (χ0v) is 15.7. The fraction of sp³-hybridized carbons (Fsp3) is 1.00. The van der Waals surface area contributed by atoms with Gasteiger partial charge in [0.25, 0.3) is 0 Å². The van der Waals surface area contributed by atoms with Crippen LogP contribution in [0, 0.1) is 0 Å². The second-order valence-corrected chi connectivity index (χ2v) is 13.6.